The summed E-state index contributed by atoms with van der Waals surface area (Å²) in [5, 5.41) is 5.17. The van der Waals surface area contributed by atoms with Gasteiger partial charge in [0.05, 0.1) is 5.37 Å². The van der Waals surface area contributed by atoms with Crippen molar-refractivity contribution in [1.82, 2.24) is 4.90 Å². The summed E-state index contributed by atoms with van der Waals surface area (Å²) in [5.74, 6) is 1.11. The van der Waals surface area contributed by atoms with Gasteiger partial charge < -0.3 is 10.2 Å². The van der Waals surface area contributed by atoms with Gasteiger partial charge in [-0.05, 0) is 36.0 Å². The lowest BCUT2D eigenvalue weighted by Crippen LogP contribution is -2.38. The van der Waals surface area contributed by atoms with Gasteiger partial charge in [0.25, 0.3) is 0 Å². The van der Waals surface area contributed by atoms with Crippen LogP contribution in [0, 0.1) is 0 Å². The highest BCUT2D eigenvalue weighted by Crippen LogP contribution is 2.28. The molecule has 0 radical (unpaired) electrons. The van der Waals surface area contributed by atoms with Crippen LogP contribution in [0.15, 0.2) is 54.6 Å². The molecule has 1 fully saturated rings. The number of benzene rings is 2. The first kappa shape index (κ1) is 15.7. The number of hydrogen-bond donors (Lipinski definition) is 1. The highest BCUT2D eigenvalue weighted by molar-refractivity contribution is 8.00. The molecule has 22 heavy (non-hydrogen) atoms. The Morgan fingerprint density at radius 2 is 2.05 bits per heavy atom. The molecular formula is C17H17ClN2S2. The van der Waals surface area contributed by atoms with Gasteiger partial charge in [-0.1, -0.05) is 48.0 Å². The first-order chi connectivity index (χ1) is 10.7. The van der Waals surface area contributed by atoms with E-state index < -0.39 is 0 Å². The fraction of sp³-hybridized carbons (Fsp3) is 0.235. The Morgan fingerprint density at radius 3 is 2.82 bits per heavy atom. The molecule has 0 amide bonds. The largest absolute Gasteiger partial charge is 0.336 e. The molecule has 1 N–H and O–H groups in total. The Bertz CT molecular complexity index is 648. The van der Waals surface area contributed by atoms with Crippen LogP contribution in [-0.2, 0) is 6.42 Å². The van der Waals surface area contributed by atoms with Crippen molar-refractivity contribution in [2.45, 2.75) is 11.8 Å². The summed E-state index contributed by atoms with van der Waals surface area (Å²) >= 11 is 13.6. The summed E-state index contributed by atoms with van der Waals surface area (Å²) in [6.07, 6.45) is 1.00. The van der Waals surface area contributed by atoms with E-state index >= 15 is 0 Å². The molecule has 1 saturated heterocycles. The van der Waals surface area contributed by atoms with Crippen LogP contribution in [0.2, 0.25) is 5.02 Å². The molecule has 3 rings (SSSR count). The molecule has 0 aromatic heterocycles. The van der Waals surface area contributed by atoms with E-state index in [4.69, 9.17) is 23.8 Å². The van der Waals surface area contributed by atoms with Gasteiger partial charge in [-0.2, -0.15) is 0 Å². The van der Waals surface area contributed by atoms with E-state index in [9.17, 15) is 0 Å². The molecule has 1 unspecified atom stereocenters. The summed E-state index contributed by atoms with van der Waals surface area (Å²) in [7, 11) is 0. The fourth-order valence-corrected chi connectivity index (χ4v) is 4.37. The van der Waals surface area contributed by atoms with Crippen LogP contribution in [0.1, 0.15) is 5.56 Å². The van der Waals surface area contributed by atoms with E-state index in [1.165, 1.54) is 5.56 Å². The number of rotatable bonds is 3. The average molecular weight is 349 g/mol. The molecule has 2 aromatic rings. The van der Waals surface area contributed by atoms with Crippen LogP contribution >= 0.6 is 35.6 Å². The Morgan fingerprint density at radius 1 is 1.23 bits per heavy atom. The second-order valence-corrected chi connectivity index (χ2v) is 7.26. The lowest BCUT2D eigenvalue weighted by molar-refractivity contribution is 0.444. The maximum atomic E-state index is 6.02. The summed E-state index contributed by atoms with van der Waals surface area (Å²) < 4.78 is 0. The summed E-state index contributed by atoms with van der Waals surface area (Å²) in [4.78, 5) is 2.27. The third-order valence-corrected chi connectivity index (χ3v) is 5.38. The van der Waals surface area contributed by atoms with Crippen molar-refractivity contribution in [3.63, 3.8) is 0 Å². The van der Waals surface area contributed by atoms with Gasteiger partial charge in [-0.3, -0.25) is 0 Å². The Kier molecular flexibility index (Phi) is 5.24. The van der Waals surface area contributed by atoms with Crippen LogP contribution in [0.5, 0.6) is 0 Å². The van der Waals surface area contributed by atoms with Crippen LogP contribution in [0.3, 0.4) is 0 Å². The van der Waals surface area contributed by atoms with E-state index in [1.807, 2.05) is 42.1 Å². The lowest BCUT2D eigenvalue weighted by Gasteiger charge is -2.27. The van der Waals surface area contributed by atoms with Crippen molar-refractivity contribution in [2.75, 3.05) is 17.6 Å². The van der Waals surface area contributed by atoms with Crippen LogP contribution in [0.4, 0.5) is 5.69 Å². The van der Waals surface area contributed by atoms with E-state index in [0.29, 0.717) is 10.4 Å². The Balaban J connectivity index is 1.66. The van der Waals surface area contributed by atoms with Crippen molar-refractivity contribution in [2.24, 2.45) is 0 Å². The first-order valence-corrected chi connectivity index (χ1v) is 9.04. The van der Waals surface area contributed by atoms with Crippen LogP contribution in [-0.4, -0.2) is 27.7 Å². The summed E-state index contributed by atoms with van der Waals surface area (Å²) in [6, 6.07) is 18.2. The molecule has 0 aliphatic carbocycles. The maximum Gasteiger partial charge on any atom is 0.174 e. The third kappa shape index (κ3) is 3.94. The van der Waals surface area contributed by atoms with Gasteiger partial charge in [0, 0.05) is 29.4 Å². The number of thioether (sulfide) groups is 1. The van der Waals surface area contributed by atoms with E-state index in [0.717, 1.165) is 29.5 Å². The van der Waals surface area contributed by atoms with Gasteiger partial charge in [0.1, 0.15) is 0 Å². The van der Waals surface area contributed by atoms with E-state index in [1.54, 1.807) is 0 Å². The van der Waals surface area contributed by atoms with Gasteiger partial charge in [0.15, 0.2) is 5.11 Å². The Hall–Kier alpha value is -1.23. The molecule has 1 atom stereocenters. The molecule has 5 heteroatoms. The van der Waals surface area contributed by atoms with Crippen molar-refractivity contribution in [3.05, 3.63) is 65.2 Å². The Labute approximate surface area is 145 Å². The average Bonchev–Trinajstić information content (AvgIpc) is 2.96. The monoisotopic (exact) mass is 348 g/mol. The normalized spacial score (nSPS) is 17.5. The zero-order valence-electron chi connectivity index (χ0n) is 12.0. The topological polar surface area (TPSA) is 15.3 Å². The fourth-order valence-electron chi connectivity index (χ4n) is 2.50. The molecule has 0 bridgehead atoms. The molecule has 1 heterocycles. The van der Waals surface area contributed by atoms with Crippen LogP contribution in [0.25, 0.3) is 0 Å². The quantitative estimate of drug-likeness (QED) is 0.811. The second kappa shape index (κ2) is 7.36. The molecular weight excluding hydrogens is 332 g/mol. The molecule has 0 saturated carbocycles. The predicted molar refractivity (Wildman–Crippen MR) is 101 cm³/mol. The minimum Gasteiger partial charge on any atom is -0.336 e. The smallest absolute Gasteiger partial charge is 0.174 e. The van der Waals surface area contributed by atoms with Gasteiger partial charge in [-0.15, -0.1) is 11.8 Å². The van der Waals surface area contributed by atoms with E-state index in [-0.39, 0.29) is 0 Å². The van der Waals surface area contributed by atoms with Gasteiger partial charge in [0.2, 0.25) is 0 Å². The molecule has 1 aliphatic heterocycles. The maximum absolute atomic E-state index is 6.02. The number of nitrogens with one attached hydrogen (secondary N) is 1. The molecule has 114 valence electrons. The standard InChI is InChI=1S/C17H17ClN2S2/c18-14-7-4-8-15(12-14)19-17(21)20-9-10-22-16(20)11-13-5-2-1-3-6-13/h1-8,12,16H,9-11H2,(H,19,21). The minimum absolute atomic E-state index is 0.390. The molecule has 0 spiro atoms. The number of anilines is 1. The number of thiocarbonyl (C=S) groups is 1. The lowest BCUT2D eigenvalue weighted by atomic mass is 10.1. The van der Waals surface area contributed by atoms with Crippen molar-refractivity contribution in [3.8, 4) is 0 Å². The first-order valence-electron chi connectivity index (χ1n) is 7.21. The highest BCUT2D eigenvalue weighted by atomic mass is 35.5. The van der Waals surface area contributed by atoms with Crippen molar-refractivity contribution >= 4 is 46.4 Å². The zero-order chi connectivity index (χ0) is 15.4. The number of hydrogen-bond acceptors (Lipinski definition) is 2. The third-order valence-electron chi connectivity index (χ3n) is 3.58. The van der Waals surface area contributed by atoms with Gasteiger partial charge >= 0.3 is 0 Å². The highest BCUT2D eigenvalue weighted by Gasteiger charge is 2.27. The summed E-state index contributed by atoms with van der Waals surface area (Å²) in [6.45, 7) is 0.981. The predicted octanol–water partition coefficient (Wildman–Crippen LogP) is 4.65. The van der Waals surface area contributed by atoms with E-state index in [2.05, 4.69) is 34.5 Å². The van der Waals surface area contributed by atoms with Crippen LogP contribution < -0.4 is 5.32 Å². The molecule has 1 aliphatic rings. The SMILES string of the molecule is S=C(Nc1cccc(Cl)c1)N1CCSC1Cc1ccccc1. The van der Waals surface area contributed by atoms with Crippen molar-refractivity contribution in [1.29, 1.82) is 0 Å². The van der Waals surface area contributed by atoms with Crippen molar-refractivity contribution < 1.29 is 0 Å². The molecule has 2 aromatic carbocycles. The zero-order valence-corrected chi connectivity index (χ0v) is 14.4. The summed E-state index contributed by atoms with van der Waals surface area (Å²) in [5.41, 5.74) is 2.28. The number of nitrogens with zero attached hydrogens (tertiary/aromatic N) is 1. The second-order valence-electron chi connectivity index (χ2n) is 5.15. The number of halogens is 1. The van der Waals surface area contributed by atoms with Gasteiger partial charge in [-0.25, -0.2) is 0 Å². The minimum atomic E-state index is 0.390. The molecule has 2 nitrogen and oxygen atoms in total.